The molecule has 1 unspecified atom stereocenters. The molecular formula is C26H31ClN2O4. The molecule has 0 radical (unpaired) electrons. The first-order valence-corrected chi connectivity index (χ1v) is 11.8. The second-order valence-electron chi connectivity index (χ2n) is 7.83. The molecule has 2 aromatic rings. The predicted octanol–water partition coefficient (Wildman–Crippen LogP) is 5.42. The molecule has 1 heterocycles. The molecule has 176 valence electrons. The SMILES string of the molecule is CCCN1C(=O)C(=O)/C(=C(/O)c2cc(OCC)ccc2Cl)C1c1ccc(N(CC)CC)cc1. The number of nitrogens with zero attached hydrogens (tertiary/aromatic N) is 2. The van der Waals surface area contributed by atoms with Crippen molar-refractivity contribution < 1.29 is 19.4 Å². The van der Waals surface area contributed by atoms with Gasteiger partial charge in [-0.2, -0.15) is 0 Å². The van der Waals surface area contributed by atoms with Crippen LogP contribution >= 0.6 is 11.6 Å². The summed E-state index contributed by atoms with van der Waals surface area (Å²) in [5, 5.41) is 11.5. The number of likely N-dealkylation sites (tertiary alicyclic amines) is 1. The van der Waals surface area contributed by atoms with Crippen LogP contribution in [0.3, 0.4) is 0 Å². The fraction of sp³-hybridized carbons (Fsp3) is 0.385. The molecule has 33 heavy (non-hydrogen) atoms. The molecule has 1 atom stereocenters. The summed E-state index contributed by atoms with van der Waals surface area (Å²) < 4.78 is 5.53. The van der Waals surface area contributed by atoms with Crippen LogP contribution in [0.5, 0.6) is 5.75 Å². The van der Waals surface area contributed by atoms with E-state index in [1.54, 1.807) is 18.2 Å². The maximum atomic E-state index is 13.1. The topological polar surface area (TPSA) is 70.1 Å². The smallest absolute Gasteiger partial charge is 0.295 e. The second kappa shape index (κ2) is 10.8. The maximum absolute atomic E-state index is 13.1. The first kappa shape index (κ1) is 24.6. The minimum absolute atomic E-state index is 0.0413. The molecule has 1 aliphatic rings. The van der Waals surface area contributed by atoms with Gasteiger partial charge in [-0.3, -0.25) is 9.59 Å². The average molecular weight is 471 g/mol. The normalized spacial score (nSPS) is 17.5. The predicted molar refractivity (Wildman–Crippen MR) is 132 cm³/mol. The molecule has 0 aliphatic carbocycles. The van der Waals surface area contributed by atoms with Crippen LogP contribution in [-0.2, 0) is 9.59 Å². The van der Waals surface area contributed by atoms with E-state index in [1.807, 2.05) is 38.1 Å². The number of Topliss-reactive ketones (excluding diaryl/α,β-unsaturated/α-hetero) is 1. The lowest BCUT2D eigenvalue weighted by atomic mass is 9.95. The summed E-state index contributed by atoms with van der Waals surface area (Å²) in [5.74, 6) is -1.10. The van der Waals surface area contributed by atoms with Crippen molar-refractivity contribution in [3.05, 3.63) is 64.2 Å². The van der Waals surface area contributed by atoms with Gasteiger partial charge in [0, 0.05) is 30.9 Å². The molecule has 0 saturated carbocycles. The Morgan fingerprint density at radius 1 is 1.06 bits per heavy atom. The molecule has 1 fully saturated rings. The van der Waals surface area contributed by atoms with Gasteiger partial charge in [-0.05, 0) is 63.1 Å². The van der Waals surface area contributed by atoms with Crippen molar-refractivity contribution in [3.8, 4) is 5.75 Å². The van der Waals surface area contributed by atoms with E-state index in [-0.39, 0.29) is 21.9 Å². The highest BCUT2D eigenvalue weighted by molar-refractivity contribution is 6.47. The zero-order valence-corrected chi connectivity index (χ0v) is 20.4. The van der Waals surface area contributed by atoms with Crippen LogP contribution in [-0.4, -0.2) is 47.9 Å². The molecule has 1 N–H and O–H groups in total. The molecule has 0 bridgehead atoms. The van der Waals surface area contributed by atoms with E-state index in [1.165, 1.54) is 4.90 Å². The van der Waals surface area contributed by atoms with Crippen LogP contribution in [0.25, 0.3) is 5.76 Å². The summed E-state index contributed by atoms with van der Waals surface area (Å²) >= 11 is 6.37. The van der Waals surface area contributed by atoms with Gasteiger partial charge in [0.15, 0.2) is 0 Å². The molecule has 0 aromatic heterocycles. The number of anilines is 1. The zero-order valence-electron chi connectivity index (χ0n) is 19.6. The van der Waals surface area contributed by atoms with E-state index in [2.05, 4.69) is 18.7 Å². The number of carbonyl (C=O) groups excluding carboxylic acids is 2. The summed E-state index contributed by atoms with van der Waals surface area (Å²) in [4.78, 5) is 29.7. The monoisotopic (exact) mass is 470 g/mol. The number of amides is 1. The lowest BCUT2D eigenvalue weighted by Gasteiger charge is -2.26. The van der Waals surface area contributed by atoms with Gasteiger partial charge < -0.3 is 19.6 Å². The van der Waals surface area contributed by atoms with Crippen molar-refractivity contribution in [2.75, 3.05) is 31.1 Å². The zero-order chi connectivity index (χ0) is 24.1. The number of benzene rings is 2. The van der Waals surface area contributed by atoms with Crippen molar-refractivity contribution in [2.24, 2.45) is 0 Å². The Morgan fingerprint density at radius 2 is 1.73 bits per heavy atom. The van der Waals surface area contributed by atoms with Gasteiger partial charge in [-0.1, -0.05) is 30.7 Å². The molecule has 6 nitrogen and oxygen atoms in total. The molecule has 2 aromatic carbocycles. The molecule has 0 spiro atoms. The Labute approximate surface area is 200 Å². The molecule has 1 saturated heterocycles. The molecule has 3 rings (SSSR count). The first-order chi connectivity index (χ1) is 15.9. The summed E-state index contributed by atoms with van der Waals surface area (Å²) in [5.41, 5.74) is 2.13. The number of rotatable bonds is 9. The largest absolute Gasteiger partial charge is 0.507 e. The third-order valence-electron chi connectivity index (χ3n) is 5.85. The summed E-state index contributed by atoms with van der Waals surface area (Å²) in [6.07, 6.45) is 0.682. The summed E-state index contributed by atoms with van der Waals surface area (Å²) in [6, 6.07) is 12.0. The van der Waals surface area contributed by atoms with Crippen molar-refractivity contribution in [3.63, 3.8) is 0 Å². The highest BCUT2D eigenvalue weighted by Gasteiger charge is 2.45. The Balaban J connectivity index is 2.15. The molecule has 7 heteroatoms. The number of hydrogen-bond acceptors (Lipinski definition) is 5. The maximum Gasteiger partial charge on any atom is 0.295 e. The Hall–Kier alpha value is -2.99. The number of ether oxygens (including phenoxy) is 1. The van der Waals surface area contributed by atoms with Gasteiger partial charge in [-0.25, -0.2) is 0 Å². The molecular weight excluding hydrogens is 440 g/mol. The minimum Gasteiger partial charge on any atom is -0.507 e. The van der Waals surface area contributed by atoms with Crippen LogP contribution in [0.2, 0.25) is 5.02 Å². The van der Waals surface area contributed by atoms with Crippen molar-refractivity contribution in [2.45, 2.75) is 40.2 Å². The van der Waals surface area contributed by atoms with Crippen molar-refractivity contribution in [1.82, 2.24) is 4.90 Å². The molecule has 1 aliphatic heterocycles. The van der Waals surface area contributed by atoms with Gasteiger partial charge in [0.1, 0.15) is 11.5 Å². The lowest BCUT2D eigenvalue weighted by Crippen LogP contribution is -2.30. The quantitative estimate of drug-likeness (QED) is 0.301. The van der Waals surface area contributed by atoms with Crippen LogP contribution in [0.15, 0.2) is 48.0 Å². The van der Waals surface area contributed by atoms with Crippen LogP contribution < -0.4 is 9.64 Å². The van der Waals surface area contributed by atoms with Crippen LogP contribution in [0, 0.1) is 0 Å². The number of hydrogen-bond donors (Lipinski definition) is 1. The Bertz CT molecular complexity index is 1040. The molecule has 1 amide bonds. The fourth-order valence-electron chi connectivity index (χ4n) is 4.24. The number of carbonyl (C=O) groups is 2. The van der Waals surface area contributed by atoms with E-state index < -0.39 is 17.7 Å². The lowest BCUT2D eigenvalue weighted by molar-refractivity contribution is -0.139. The third-order valence-corrected chi connectivity index (χ3v) is 6.18. The van der Waals surface area contributed by atoms with Gasteiger partial charge in [0.25, 0.3) is 11.7 Å². The number of ketones is 1. The van der Waals surface area contributed by atoms with E-state index in [9.17, 15) is 14.7 Å². The van der Waals surface area contributed by atoms with Gasteiger partial charge in [0.05, 0.1) is 23.2 Å². The van der Waals surface area contributed by atoms with E-state index in [0.29, 0.717) is 25.3 Å². The summed E-state index contributed by atoms with van der Waals surface area (Å²) in [6.45, 7) is 10.6. The Kier molecular flexibility index (Phi) is 8.03. The number of halogens is 1. The Morgan fingerprint density at radius 3 is 2.30 bits per heavy atom. The second-order valence-corrected chi connectivity index (χ2v) is 8.24. The highest BCUT2D eigenvalue weighted by Crippen LogP contribution is 2.41. The van der Waals surface area contributed by atoms with Crippen molar-refractivity contribution >= 4 is 34.7 Å². The number of aliphatic hydroxyl groups excluding tert-OH is 1. The van der Waals surface area contributed by atoms with Gasteiger partial charge in [-0.15, -0.1) is 0 Å². The minimum atomic E-state index is -0.711. The average Bonchev–Trinajstić information content (AvgIpc) is 3.06. The van der Waals surface area contributed by atoms with Gasteiger partial charge in [0.2, 0.25) is 0 Å². The van der Waals surface area contributed by atoms with Crippen LogP contribution in [0.4, 0.5) is 5.69 Å². The summed E-state index contributed by atoms with van der Waals surface area (Å²) in [7, 11) is 0. The number of aliphatic hydroxyl groups is 1. The standard InChI is InChI=1S/C26H31ClN2O4/c1-5-15-29-23(17-9-11-18(12-10-17)28(6-2)7-3)22(25(31)26(29)32)24(30)20-16-19(33-8-4)13-14-21(20)27/h9-14,16,23,30H,5-8,15H2,1-4H3/b24-22+. The highest BCUT2D eigenvalue weighted by atomic mass is 35.5. The van der Waals surface area contributed by atoms with Gasteiger partial charge >= 0.3 is 0 Å². The van der Waals surface area contributed by atoms with Crippen LogP contribution in [0.1, 0.15) is 51.3 Å². The van der Waals surface area contributed by atoms with E-state index in [0.717, 1.165) is 24.3 Å². The third kappa shape index (κ3) is 4.86. The first-order valence-electron chi connectivity index (χ1n) is 11.4. The van der Waals surface area contributed by atoms with Crippen molar-refractivity contribution in [1.29, 1.82) is 0 Å². The van der Waals surface area contributed by atoms with E-state index >= 15 is 0 Å². The van der Waals surface area contributed by atoms with E-state index in [4.69, 9.17) is 16.3 Å². The fourth-order valence-corrected chi connectivity index (χ4v) is 4.45.